The molecule has 1 aliphatic heterocycles. The van der Waals surface area contributed by atoms with Crippen molar-refractivity contribution < 1.29 is 4.79 Å². The Bertz CT molecular complexity index is 859. The first-order valence-corrected chi connectivity index (χ1v) is 9.72. The first kappa shape index (κ1) is 19.9. The number of hydrogen-bond acceptors (Lipinski definition) is 4. The van der Waals surface area contributed by atoms with E-state index in [9.17, 15) is 4.79 Å². The Kier molecular flexibility index (Phi) is 5.69. The van der Waals surface area contributed by atoms with E-state index in [2.05, 4.69) is 73.0 Å². The van der Waals surface area contributed by atoms with Gasteiger partial charge in [0.1, 0.15) is 5.69 Å². The molecule has 5 heteroatoms. The number of aromatic nitrogens is 2. The van der Waals surface area contributed by atoms with E-state index in [1.807, 2.05) is 11.0 Å². The molecule has 1 aromatic heterocycles. The van der Waals surface area contributed by atoms with Gasteiger partial charge in [-0.05, 0) is 41.5 Å². The molecule has 0 unspecified atom stereocenters. The summed E-state index contributed by atoms with van der Waals surface area (Å²) in [6.07, 6.45) is 5.78. The van der Waals surface area contributed by atoms with Gasteiger partial charge in [-0.15, -0.1) is 16.6 Å². The van der Waals surface area contributed by atoms with Crippen molar-refractivity contribution >= 4 is 11.7 Å². The van der Waals surface area contributed by atoms with Gasteiger partial charge in [0.25, 0.3) is 0 Å². The van der Waals surface area contributed by atoms with Gasteiger partial charge >= 0.3 is 0 Å². The Morgan fingerprint density at radius 1 is 1.14 bits per heavy atom. The lowest BCUT2D eigenvalue weighted by Gasteiger charge is -2.40. The molecule has 2 heterocycles. The van der Waals surface area contributed by atoms with E-state index in [-0.39, 0.29) is 17.4 Å². The zero-order valence-electron chi connectivity index (χ0n) is 17.1. The van der Waals surface area contributed by atoms with Crippen LogP contribution in [0.15, 0.2) is 36.4 Å². The fourth-order valence-corrected chi connectivity index (χ4v) is 3.49. The number of nitrogens with zero attached hydrogens (tertiary/aromatic N) is 4. The van der Waals surface area contributed by atoms with Gasteiger partial charge in [0, 0.05) is 25.7 Å². The van der Waals surface area contributed by atoms with E-state index in [1.165, 1.54) is 5.56 Å². The van der Waals surface area contributed by atoms with E-state index >= 15 is 0 Å². The molecule has 5 nitrogen and oxygen atoms in total. The van der Waals surface area contributed by atoms with Crippen LogP contribution in [-0.2, 0) is 16.6 Å². The maximum absolute atomic E-state index is 12.8. The average Bonchev–Trinajstić information content (AvgIpc) is 2.68. The molecule has 146 valence electrons. The van der Waals surface area contributed by atoms with Crippen LogP contribution in [0.2, 0.25) is 0 Å². The predicted octanol–water partition coefficient (Wildman–Crippen LogP) is 3.04. The summed E-state index contributed by atoms with van der Waals surface area (Å²) in [5, 5.41) is 8.25. The van der Waals surface area contributed by atoms with Crippen molar-refractivity contribution in [3.05, 3.63) is 53.2 Å². The number of carbonyl (C=O) groups excluding carboxylic acids is 1. The number of carbonyl (C=O) groups is 1. The van der Waals surface area contributed by atoms with E-state index in [4.69, 9.17) is 6.42 Å². The van der Waals surface area contributed by atoms with Gasteiger partial charge in [-0.3, -0.25) is 4.79 Å². The lowest BCUT2D eigenvalue weighted by molar-refractivity contribution is -0.131. The molecule has 0 radical (unpaired) electrons. The topological polar surface area (TPSA) is 49.3 Å². The summed E-state index contributed by atoms with van der Waals surface area (Å²) in [7, 11) is 0. The van der Waals surface area contributed by atoms with Crippen molar-refractivity contribution in [2.24, 2.45) is 0 Å². The lowest BCUT2D eigenvalue weighted by Crippen LogP contribution is -2.54. The van der Waals surface area contributed by atoms with Crippen LogP contribution in [0.25, 0.3) is 0 Å². The standard InChI is InChI=1S/C23H28N4O/c1-6-20-11-12-21(25-24-20)27-14-13-26(16-17(27)2)22(28)15-18-7-9-19(10-8-18)23(3,4)5/h1,7-12,17H,13-16H2,2-5H3/t17-/m0/s1. The number of benzene rings is 1. The highest BCUT2D eigenvalue weighted by Crippen LogP contribution is 2.23. The summed E-state index contributed by atoms with van der Waals surface area (Å²) in [6.45, 7) is 10.8. The van der Waals surface area contributed by atoms with Crippen molar-refractivity contribution in [1.29, 1.82) is 0 Å². The third-order valence-electron chi connectivity index (χ3n) is 5.25. The molecule has 1 saturated heterocycles. The van der Waals surface area contributed by atoms with E-state index < -0.39 is 0 Å². The molecule has 1 amide bonds. The highest BCUT2D eigenvalue weighted by molar-refractivity contribution is 5.79. The van der Waals surface area contributed by atoms with Gasteiger partial charge < -0.3 is 9.80 Å². The molecule has 1 fully saturated rings. The minimum atomic E-state index is 0.121. The van der Waals surface area contributed by atoms with Crippen LogP contribution < -0.4 is 4.90 Å². The largest absolute Gasteiger partial charge is 0.349 e. The Morgan fingerprint density at radius 2 is 1.86 bits per heavy atom. The molecule has 28 heavy (non-hydrogen) atoms. The predicted molar refractivity (Wildman–Crippen MR) is 112 cm³/mol. The number of amides is 1. The first-order valence-electron chi connectivity index (χ1n) is 9.72. The normalized spacial score (nSPS) is 17.3. The summed E-state index contributed by atoms with van der Waals surface area (Å²) in [4.78, 5) is 16.9. The molecule has 3 rings (SSSR count). The number of anilines is 1. The van der Waals surface area contributed by atoms with E-state index in [0.717, 1.165) is 17.9 Å². The van der Waals surface area contributed by atoms with Gasteiger partial charge in [-0.25, -0.2) is 0 Å². The van der Waals surface area contributed by atoms with Crippen LogP contribution in [0.1, 0.15) is 44.5 Å². The number of hydrogen-bond donors (Lipinski definition) is 0. The quantitative estimate of drug-likeness (QED) is 0.773. The van der Waals surface area contributed by atoms with Crippen molar-refractivity contribution in [3.8, 4) is 12.3 Å². The maximum atomic E-state index is 12.8. The molecular weight excluding hydrogens is 348 g/mol. The SMILES string of the molecule is C#Cc1ccc(N2CCN(C(=O)Cc3ccc(C(C)(C)C)cc3)C[C@@H]2C)nn1. The van der Waals surface area contributed by atoms with Crippen molar-refractivity contribution in [1.82, 2.24) is 15.1 Å². The van der Waals surface area contributed by atoms with Gasteiger partial charge in [0.15, 0.2) is 5.82 Å². The first-order chi connectivity index (χ1) is 13.3. The number of terminal acetylenes is 1. The van der Waals surface area contributed by atoms with Crippen LogP contribution in [0.4, 0.5) is 5.82 Å². The molecular formula is C23H28N4O. The Morgan fingerprint density at radius 3 is 2.39 bits per heavy atom. The van der Waals surface area contributed by atoms with E-state index in [1.54, 1.807) is 6.07 Å². The summed E-state index contributed by atoms with van der Waals surface area (Å²) >= 11 is 0. The maximum Gasteiger partial charge on any atom is 0.227 e. The van der Waals surface area contributed by atoms with Gasteiger partial charge in [0.2, 0.25) is 5.91 Å². The summed E-state index contributed by atoms with van der Waals surface area (Å²) in [6, 6.07) is 12.3. The fraction of sp³-hybridized carbons (Fsp3) is 0.435. The fourth-order valence-electron chi connectivity index (χ4n) is 3.49. The second-order valence-corrected chi connectivity index (χ2v) is 8.43. The smallest absolute Gasteiger partial charge is 0.227 e. The Balaban J connectivity index is 1.60. The number of rotatable bonds is 3. The highest BCUT2D eigenvalue weighted by atomic mass is 16.2. The summed E-state index contributed by atoms with van der Waals surface area (Å²) in [5.41, 5.74) is 2.99. The van der Waals surface area contributed by atoms with Gasteiger partial charge in [-0.1, -0.05) is 45.0 Å². The molecule has 0 spiro atoms. The van der Waals surface area contributed by atoms with Gasteiger partial charge in [-0.2, -0.15) is 0 Å². The Labute approximate surface area is 167 Å². The van der Waals surface area contributed by atoms with Crippen LogP contribution in [0.3, 0.4) is 0 Å². The molecule has 1 atom stereocenters. The monoisotopic (exact) mass is 376 g/mol. The molecule has 0 aliphatic carbocycles. The molecule has 1 aromatic carbocycles. The van der Waals surface area contributed by atoms with E-state index in [0.29, 0.717) is 25.2 Å². The number of piperazine rings is 1. The zero-order chi connectivity index (χ0) is 20.3. The minimum absolute atomic E-state index is 0.121. The van der Waals surface area contributed by atoms with Crippen molar-refractivity contribution in [2.75, 3.05) is 24.5 Å². The third kappa shape index (κ3) is 4.51. The lowest BCUT2D eigenvalue weighted by atomic mass is 9.86. The molecule has 0 N–H and O–H groups in total. The molecule has 1 aliphatic rings. The molecule has 0 saturated carbocycles. The zero-order valence-corrected chi connectivity index (χ0v) is 17.1. The summed E-state index contributed by atoms with van der Waals surface area (Å²) < 4.78 is 0. The summed E-state index contributed by atoms with van der Waals surface area (Å²) in [5.74, 6) is 3.45. The second-order valence-electron chi connectivity index (χ2n) is 8.43. The molecule has 0 bridgehead atoms. The van der Waals surface area contributed by atoms with Crippen molar-refractivity contribution in [2.45, 2.75) is 45.6 Å². The third-order valence-corrected chi connectivity index (χ3v) is 5.25. The Hall–Kier alpha value is -2.87. The highest BCUT2D eigenvalue weighted by Gasteiger charge is 2.27. The van der Waals surface area contributed by atoms with Crippen LogP contribution in [0, 0.1) is 12.3 Å². The second kappa shape index (κ2) is 8.02. The molecule has 2 aromatic rings. The van der Waals surface area contributed by atoms with Gasteiger partial charge in [0.05, 0.1) is 6.42 Å². The average molecular weight is 377 g/mol. The van der Waals surface area contributed by atoms with Crippen molar-refractivity contribution in [3.63, 3.8) is 0 Å². The minimum Gasteiger partial charge on any atom is -0.349 e. The van der Waals surface area contributed by atoms with Crippen LogP contribution in [0.5, 0.6) is 0 Å². The van der Waals surface area contributed by atoms with Crippen LogP contribution >= 0.6 is 0 Å². The van der Waals surface area contributed by atoms with Crippen LogP contribution in [-0.4, -0.2) is 46.7 Å².